The highest BCUT2D eigenvalue weighted by Crippen LogP contribution is 2.70. The Bertz CT molecular complexity index is 1590. The highest BCUT2D eigenvalue weighted by atomic mass is 19.3. The molecule has 2 N–H and O–H groups in total. The maximum Gasteiger partial charge on any atom is 0.276 e. The van der Waals surface area contributed by atoms with Gasteiger partial charge in [-0.05, 0) is 75.6 Å². The Hall–Kier alpha value is -3.58. The van der Waals surface area contributed by atoms with Crippen LogP contribution in [0.25, 0.3) is 11.2 Å². The van der Waals surface area contributed by atoms with Crippen molar-refractivity contribution in [3.05, 3.63) is 35.0 Å². The van der Waals surface area contributed by atoms with Crippen molar-refractivity contribution < 1.29 is 34.6 Å². The first-order valence-electron chi connectivity index (χ1n) is 14.8. The molecule has 43 heavy (non-hydrogen) atoms. The minimum Gasteiger partial charge on any atom is -0.340 e. The number of carbonyl (C=O) groups is 2. The van der Waals surface area contributed by atoms with E-state index >= 15 is 4.39 Å². The van der Waals surface area contributed by atoms with Crippen LogP contribution in [0.4, 0.5) is 17.6 Å². The van der Waals surface area contributed by atoms with Crippen LogP contribution in [-0.4, -0.2) is 65.8 Å². The molecule has 3 aromatic rings. The lowest BCUT2D eigenvalue weighted by molar-refractivity contribution is -0.225. The lowest BCUT2D eigenvalue weighted by Crippen LogP contribution is -2.71. The van der Waals surface area contributed by atoms with Crippen LogP contribution in [-0.2, 0) is 4.79 Å². The van der Waals surface area contributed by atoms with Gasteiger partial charge in [0.05, 0.1) is 28.7 Å². The van der Waals surface area contributed by atoms with Crippen LogP contribution < -0.4 is 5.32 Å². The van der Waals surface area contributed by atoms with Gasteiger partial charge in [-0.2, -0.15) is 0 Å². The van der Waals surface area contributed by atoms with Gasteiger partial charge in [0, 0.05) is 28.7 Å². The highest BCUT2D eigenvalue weighted by molar-refractivity contribution is 5.93. The van der Waals surface area contributed by atoms with E-state index < -0.39 is 40.7 Å². The smallest absolute Gasteiger partial charge is 0.276 e. The molecule has 2 amide bonds. The number of aromatic amines is 1. The molecule has 234 valence electrons. The molecule has 1 saturated heterocycles. The Morgan fingerprint density at radius 1 is 1.09 bits per heavy atom. The van der Waals surface area contributed by atoms with Crippen LogP contribution in [0, 0.1) is 18.3 Å². The minimum absolute atomic E-state index is 0. The summed E-state index contributed by atoms with van der Waals surface area (Å²) in [5, 5.41) is 10.2. The number of aromatic nitrogens is 5. The van der Waals surface area contributed by atoms with Crippen LogP contribution in [0.2, 0.25) is 0 Å². The van der Waals surface area contributed by atoms with E-state index in [1.54, 1.807) is 24.0 Å². The molecule has 2 bridgehead atoms. The van der Waals surface area contributed by atoms with Gasteiger partial charge in [-0.25, -0.2) is 32.2 Å². The van der Waals surface area contributed by atoms with Gasteiger partial charge in [-0.1, -0.05) is 5.16 Å². The third kappa shape index (κ3) is 4.86. The maximum absolute atomic E-state index is 15.3. The Balaban J connectivity index is 0.00000200. The molecule has 3 atom stereocenters. The third-order valence-electron chi connectivity index (χ3n) is 9.96. The zero-order valence-corrected chi connectivity index (χ0v) is 23.9. The number of pyridine rings is 1. The van der Waals surface area contributed by atoms with Gasteiger partial charge in [0.25, 0.3) is 5.91 Å². The summed E-state index contributed by atoms with van der Waals surface area (Å²) in [7, 11) is 0. The Morgan fingerprint density at radius 2 is 1.81 bits per heavy atom. The van der Waals surface area contributed by atoms with Crippen molar-refractivity contribution in [1.82, 2.24) is 35.5 Å². The lowest BCUT2D eigenvalue weighted by atomic mass is 9.41. The van der Waals surface area contributed by atoms with Crippen molar-refractivity contribution in [3.63, 3.8) is 0 Å². The van der Waals surface area contributed by atoms with Crippen LogP contribution >= 0.6 is 0 Å². The van der Waals surface area contributed by atoms with E-state index in [0.29, 0.717) is 22.7 Å². The first-order valence-corrected chi connectivity index (χ1v) is 14.8. The van der Waals surface area contributed by atoms with Gasteiger partial charge in [-0.3, -0.25) is 9.59 Å². The van der Waals surface area contributed by atoms with Crippen LogP contribution in [0.3, 0.4) is 0 Å². The number of likely N-dealkylation sites (tertiary alicyclic amines) is 1. The summed E-state index contributed by atoms with van der Waals surface area (Å²) in [4.78, 5) is 40.8. The van der Waals surface area contributed by atoms with Gasteiger partial charge in [0.1, 0.15) is 22.9 Å². The van der Waals surface area contributed by atoms with Crippen molar-refractivity contribution >= 4 is 23.0 Å². The molecule has 0 unspecified atom stereocenters. The summed E-state index contributed by atoms with van der Waals surface area (Å²) in [5.41, 5.74) is -1.88. The van der Waals surface area contributed by atoms with Gasteiger partial charge in [0.2, 0.25) is 11.8 Å². The number of halogens is 4. The van der Waals surface area contributed by atoms with E-state index in [1.165, 1.54) is 6.92 Å². The van der Waals surface area contributed by atoms with Gasteiger partial charge < -0.3 is 15.2 Å². The molecule has 10 nitrogen and oxygen atoms in total. The van der Waals surface area contributed by atoms with Gasteiger partial charge >= 0.3 is 0 Å². The molecule has 1 aliphatic heterocycles. The second kappa shape index (κ2) is 9.46. The van der Waals surface area contributed by atoms with E-state index in [0.717, 1.165) is 0 Å². The minimum atomic E-state index is -2.76. The summed E-state index contributed by atoms with van der Waals surface area (Å²) in [5.74, 6) is -3.48. The van der Waals surface area contributed by atoms with Crippen molar-refractivity contribution in [2.75, 3.05) is 6.54 Å². The van der Waals surface area contributed by atoms with Crippen LogP contribution in [0.5, 0.6) is 0 Å². The molecule has 0 aromatic carbocycles. The summed E-state index contributed by atoms with van der Waals surface area (Å²) in [6.45, 7) is 3.29. The summed E-state index contributed by atoms with van der Waals surface area (Å²) in [6.07, 6.45) is 0.594. The van der Waals surface area contributed by atoms with Crippen molar-refractivity contribution in [1.29, 1.82) is 0 Å². The quantitative estimate of drug-likeness (QED) is 0.343. The van der Waals surface area contributed by atoms with Crippen molar-refractivity contribution in [3.8, 4) is 0 Å². The molecule has 5 aliphatic rings. The Labute approximate surface area is 247 Å². The normalized spacial score (nSPS) is 32.6. The van der Waals surface area contributed by atoms with Gasteiger partial charge in [-0.15, -0.1) is 0 Å². The number of hydrogen-bond acceptors (Lipinski definition) is 7. The topological polar surface area (TPSA) is 130 Å². The van der Waals surface area contributed by atoms with Crippen LogP contribution in [0.1, 0.15) is 107 Å². The van der Waals surface area contributed by atoms with E-state index in [9.17, 15) is 22.8 Å². The number of aryl methyl sites for hydroxylation is 1. The van der Waals surface area contributed by atoms with E-state index in [-0.39, 0.29) is 90.4 Å². The summed E-state index contributed by atoms with van der Waals surface area (Å²) in [6, 6.07) is 2.05. The molecule has 14 heteroatoms. The Morgan fingerprint density at radius 3 is 2.47 bits per heavy atom. The average Bonchev–Trinajstić information content (AvgIpc) is 3.54. The predicted molar refractivity (Wildman–Crippen MR) is 148 cm³/mol. The second-order valence-electron chi connectivity index (χ2n) is 13.4. The number of rotatable bonds is 6. The van der Waals surface area contributed by atoms with Crippen molar-refractivity contribution in [2.45, 2.75) is 101 Å². The fourth-order valence-corrected chi connectivity index (χ4v) is 7.54. The molecule has 4 saturated carbocycles. The average molecular weight is 608 g/mol. The van der Waals surface area contributed by atoms with E-state index in [4.69, 9.17) is 4.98 Å². The molecule has 4 heterocycles. The molecular weight excluding hydrogens is 570 g/mol. The number of hydrogen-bond donors (Lipinski definition) is 2. The molecule has 0 radical (unpaired) electrons. The fraction of sp³-hybridized carbons (Fsp3) is 0.655. The number of amides is 2. The maximum atomic E-state index is 15.3. The first-order chi connectivity index (χ1) is 20.3. The largest absolute Gasteiger partial charge is 0.340 e. The van der Waals surface area contributed by atoms with Crippen LogP contribution in [0.15, 0.2) is 16.8 Å². The van der Waals surface area contributed by atoms with Gasteiger partial charge in [0.15, 0.2) is 11.3 Å². The first kappa shape index (κ1) is 28.2. The second-order valence-corrected chi connectivity index (χ2v) is 13.4. The molecular formula is C29H37F4N7O3. The number of carbonyl (C=O) groups excluding carboxylic acids is 2. The molecule has 4 aliphatic carbocycles. The van der Waals surface area contributed by atoms with Crippen molar-refractivity contribution in [2.24, 2.45) is 11.3 Å². The molecule has 5 fully saturated rings. The molecule has 3 aromatic heterocycles. The number of imidazole rings is 1. The number of alkyl halides is 4. The Kier molecular flexibility index (Phi) is 6.20. The summed E-state index contributed by atoms with van der Waals surface area (Å²) >= 11 is 0. The fourth-order valence-electron chi connectivity index (χ4n) is 7.54. The third-order valence-corrected chi connectivity index (χ3v) is 9.96. The number of H-pyrrole nitrogens is 1. The SMILES string of the molecule is Cc1nonc1C(=O)N[C@H](c1nc2nc([C@@H]3C[C@](C)(F)CCN3C(=O)C34CC(F)(C3)C4)ccc2[nH]1)C1CCC(F)(F)CC1.[HH].[HH]. The van der Waals surface area contributed by atoms with E-state index in [2.05, 4.69) is 30.2 Å². The zero-order valence-electron chi connectivity index (χ0n) is 23.9. The highest BCUT2D eigenvalue weighted by Gasteiger charge is 2.73. The standard InChI is InChI=1S/C29H33F4N7O3.2H2/c1-15-20(39-43-38-15)24(41)36-21(16-5-7-29(32,33)8-6-16)23-35-18-4-3-17(34-22(18)37-23)19-11-26(2,30)9-10-40(19)25(42)27-12-28(31,13-27)14-27;;/h3-4,16,19,21H,5-14H2,1-2H3,(H,36,41)(H,34,35,37);2*1H/t19-,21-,26+,27?,28?;;/m0../s1. The summed E-state index contributed by atoms with van der Waals surface area (Å²) < 4.78 is 62.2. The predicted octanol–water partition coefficient (Wildman–Crippen LogP) is 5.72. The number of fused-ring (bicyclic) bond motifs is 1. The zero-order chi connectivity index (χ0) is 30.4. The van der Waals surface area contributed by atoms with E-state index in [1.807, 2.05) is 0 Å². The molecule has 8 rings (SSSR count). The number of nitrogens with zero attached hydrogens (tertiary/aromatic N) is 5. The lowest BCUT2D eigenvalue weighted by Gasteiger charge is -2.65. The number of piperidine rings is 1. The molecule has 0 spiro atoms. The monoisotopic (exact) mass is 607 g/mol. The number of nitrogens with one attached hydrogen (secondary N) is 2.